The number of pyridine rings is 1. The number of rotatable bonds is 7. The van der Waals surface area contributed by atoms with Gasteiger partial charge in [0.05, 0.1) is 17.2 Å². The van der Waals surface area contributed by atoms with Crippen LogP contribution in [0.2, 0.25) is 0 Å². The number of ketones is 2. The third-order valence-electron chi connectivity index (χ3n) is 7.93. The van der Waals surface area contributed by atoms with Crippen molar-refractivity contribution in [2.75, 3.05) is 6.61 Å². The molecule has 1 heterocycles. The van der Waals surface area contributed by atoms with Gasteiger partial charge in [-0.25, -0.2) is 4.98 Å². The van der Waals surface area contributed by atoms with Gasteiger partial charge in [0, 0.05) is 17.0 Å². The molecule has 0 radical (unpaired) electrons. The molecular weight excluding hydrogens is 544 g/mol. The first-order chi connectivity index (χ1) is 20.2. The Kier molecular flexibility index (Phi) is 7.59. The van der Waals surface area contributed by atoms with Crippen LogP contribution in [0.25, 0.3) is 10.9 Å². The summed E-state index contributed by atoms with van der Waals surface area (Å²) >= 11 is 0. The number of nitro groups is 1. The standard InChI is InChI=1S/C35H36N2O6/c1-34(2,3)23-18-20(19-24(32(23)39)35(4,5)6)10-9-17-43-27-14-7-11-21-15-16-25(36-30(21)27)29-31(38)22-12-8-13-26(37(41)42)28(22)33(29)40/h7-8,11-16,18-19,29,39H,9-10,17H2,1-6H3. The Labute approximate surface area is 250 Å². The van der Waals surface area contributed by atoms with Crippen molar-refractivity contribution in [1.82, 2.24) is 4.98 Å². The zero-order chi connectivity index (χ0) is 31.3. The normalized spacial score (nSPS) is 15.2. The number of hydrogen-bond donors (Lipinski definition) is 1. The molecule has 222 valence electrons. The largest absolute Gasteiger partial charge is 0.507 e. The van der Waals surface area contributed by atoms with Gasteiger partial charge in [-0.3, -0.25) is 19.7 Å². The van der Waals surface area contributed by atoms with Crippen molar-refractivity contribution in [1.29, 1.82) is 0 Å². The highest BCUT2D eigenvalue weighted by molar-refractivity contribution is 6.31. The van der Waals surface area contributed by atoms with Crippen LogP contribution in [0.5, 0.6) is 11.5 Å². The monoisotopic (exact) mass is 580 g/mol. The summed E-state index contributed by atoms with van der Waals surface area (Å²) in [6.07, 6.45) is 1.46. The SMILES string of the molecule is CC(C)(C)c1cc(CCCOc2cccc3ccc(C4C(=O)c5cccc([N+](=O)[O-])c5C4=O)nc23)cc(C(C)(C)C)c1O. The van der Waals surface area contributed by atoms with E-state index in [0.717, 1.165) is 28.5 Å². The number of Topliss-reactive ketones (excluding diaryl/α,β-unsaturated/α-hetero) is 2. The van der Waals surface area contributed by atoms with E-state index in [2.05, 4.69) is 58.7 Å². The quantitative estimate of drug-likeness (QED) is 0.103. The van der Waals surface area contributed by atoms with Gasteiger partial charge >= 0.3 is 0 Å². The number of aryl methyl sites for hydroxylation is 1. The van der Waals surface area contributed by atoms with Crippen LogP contribution >= 0.6 is 0 Å². The summed E-state index contributed by atoms with van der Waals surface area (Å²) in [7, 11) is 0. The number of phenolic OH excluding ortho intramolecular Hbond substituents is 1. The van der Waals surface area contributed by atoms with Gasteiger partial charge in [0.2, 0.25) is 0 Å². The van der Waals surface area contributed by atoms with Gasteiger partial charge in [0.25, 0.3) is 5.69 Å². The van der Waals surface area contributed by atoms with Crippen molar-refractivity contribution in [3.05, 3.63) is 104 Å². The first kappa shape index (κ1) is 29.9. The van der Waals surface area contributed by atoms with Gasteiger partial charge < -0.3 is 9.84 Å². The molecule has 43 heavy (non-hydrogen) atoms. The van der Waals surface area contributed by atoms with E-state index in [4.69, 9.17) is 4.74 Å². The number of aromatic nitrogens is 1. The number of ether oxygens (including phenoxy) is 1. The average molecular weight is 581 g/mol. The molecule has 0 amide bonds. The number of para-hydroxylation sites is 1. The van der Waals surface area contributed by atoms with E-state index in [-0.39, 0.29) is 33.3 Å². The summed E-state index contributed by atoms with van der Waals surface area (Å²) in [4.78, 5) is 42.1. The second kappa shape index (κ2) is 10.9. The van der Waals surface area contributed by atoms with Gasteiger partial charge in [0.15, 0.2) is 11.6 Å². The summed E-state index contributed by atoms with van der Waals surface area (Å²) in [5, 5.41) is 23.3. The molecule has 1 aromatic heterocycles. The fraction of sp³-hybridized carbons (Fsp3) is 0.343. The molecule has 4 aromatic rings. The van der Waals surface area contributed by atoms with E-state index in [1.54, 1.807) is 18.2 Å². The molecule has 5 rings (SSSR count). The number of carbonyl (C=O) groups excluding carboxylic acids is 2. The van der Waals surface area contributed by atoms with Crippen molar-refractivity contribution in [2.24, 2.45) is 0 Å². The number of fused-ring (bicyclic) bond motifs is 2. The molecular formula is C35H36N2O6. The van der Waals surface area contributed by atoms with Crippen molar-refractivity contribution >= 4 is 28.2 Å². The maximum absolute atomic E-state index is 13.3. The Balaban J connectivity index is 1.37. The van der Waals surface area contributed by atoms with Crippen LogP contribution in [0.1, 0.15) is 97.0 Å². The third kappa shape index (κ3) is 5.61. The van der Waals surface area contributed by atoms with Gasteiger partial charge in [0.1, 0.15) is 28.5 Å². The maximum Gasteiger partial charge on any atom is 0.280 e. The number of carbonyl (C=O) groups is 2. The molecule has 1 aliphatic rings. The van der Waals surface area contributed by atoms with Crippen LogP contribution in [0, 0.1) is 10.1 Å². The Morgan fingerprint density at radius 3 is 2.19 bits per heavy atom. The second-order valence-electron chi connectivity index (χ2n) is 13.2. The zero-order valence-corrected chi connectivity index (χ0v) is 25.4. The summed E-state index contributed by atoms with van der Waals surface area (Å²) in [5.41, 5.74) is 2.81. The van der Waals surface area contributed by atoms with E-state index in [1.807, 2.05) is 12.1 Å². The first-order valence-electron chi connectivity index (χ1n) is 14.4. The van der Waals surface area contributed by atoms with E-state index in [1.165, 1.54) is 18.2 Å². The minimum Gasteiger partial charge on any atom is -0.507 e. The van der Waals surface area contributed by atoms with Gasteiger partial charge in [-0.2, -0.15) is 0 Å². The molecule has 1 aliphatic carbocycles. The predicted octanol–water partition coefficient (Wildman–Crippen LogP) is 7.62. The highest BCUT2D eigenvalue weighted by Gasteiger charge is 2.44. The highest BCUT2D eigenvalue weighted by Crippen LogP contribution is 2.41. The molecule has 0 saturated heterocycles. The molecule has 1 atom stereocenters. The molecule has 0 spiro atoms. The number of hydrogen-bond acceptors (Lipinski definition) is 7. The molecule has 8 heteroatoms. The molecule has 1 N–H and O–H groups in total. The summed E-state index contributed by atoms with van der Waals surface area (Å²) < 4.78 is 6.17. The highest BCUT2D eigenvalue weighted by atomic mass is 16.6. The summed E-state index contributed by atoms with van der Waals surface area (Å²) in [6.45, 7) is 13.0. The molecule has 0 bridgehead atoms. The van der Waals surface area contributed by atoms with Crippen LogP contribution in [0.3, 0.4) is 0 Å². The number of nitrogens with zero attached hydrogens (tertiary/aromatic N) is 2. The lowest BCUT2D eigenvalue weighted by atomic mass is 9.78. The molecule has 1 unspecified atom stereocenters. The number of aromatic hydroxyl groups is 1. The summed E-state index contributed by atoms with van der Waals surface area (Å²) in [6, 6.07) is 17.2. The minimum absolute atomic E-state index is 0.0501. The maximum atomic E-state index is 13.3. The minimum atomic E-state index is -1.24. The number of benzene rings is 3. The van der Waals surface area contributed by atoms with E-state index in [9.17, 15) is 24.8 Å². The third-order valence-corrected chi connectivity index (χ3v) is 7.93. The number of phenols is 1. The van der Waals surface area contributed by atoms with Crippen LogP contribution in [0.15, 0.2) is 60.7 Å². The Morgan fingerprint density at radius 1 is 0.907 bits per heavy atom. The Morgan fingerprint density at radius 2 is 1.56 bits per heavy atom. The van der Waals surface area contributed by atoms with Gasteiger partial charge in [-0.05, 0) is 52.5 Å². The van der Waals surface area contributed by atoms with E-state index in [0.29, 0.717) is 30.0 Å². The smallest absolute Gasteiger partial charge is 0.280 e. The van der Waals surface area contributed by atoms with Crippen LogP contribution in [0.4, 0.5) is 5.69 Å². The molecule has 8 nitrogen and oxygen atoms in total. The van der Waals surface area contributed by atoms with Crippen molar-refractivity contribution in [3.63, 3.8) is 0 Å². The molecule has 0 fully saturated rings. The van der Waals surface area contributed by atoms with Crippen LogP contribution in [-0.2, 0) is 17.3 Å². The first-order valence-corrected chi connectivity index (χ1v) is 14.4. The zero-order valence-electron chi connectivity index (χ0n) is 25.4. The molecule has 0 aliphatic heterocycles. The van der Waals surface area contributed by atoms with E-state index < -0.39 is 22.4 Å². The molecule has 0 saturated carbocycles. The fourth-order valence-corrected chi connectivity index (χ4v) is 5.70. The average Bonchev–Trinajstić information content (AvgIpc) is 3.19. The van der Waals surface area contributed by atoms with Gasteiger partial charge in [-0.15, -0.1) is 0 Å². The fourth-order valence-electron chi connectivity index (χ4n) is 5.70. The van der Waals surface area contributed by atoms with E-state index >= 15 is 0 Å². The second-order valence-corrected chi connectivity index (χ2v) is 13.2. The van der Waals surface area contributed by atoms with Crippen molar-refractivity contribution in [3.8, 4) is 11.5 Å². The van der Waals surface area contributed by atoms with Crippen molar-refractivity contribution in [2.45, 2.75) is 71.1 Å². The predicted molar refractivity (Wildman–Crippen MR) is 166 cm³/mol. The Hall–Kier alpha value is -4.59. The van der Waals surface area contributed by atoms with Gasteiger partial charge in [-0.1, -0.05) is 84.0 Å². The molecule has 3 aromatic carbocycles. The lowest BCUT2D eigenvalue weighted by Crippen LogP contribution is -2.18. The topological polar surface area (TPSA) is 120 Å². The number of nitro benzene ring substituents is 1. The lowest BCUT2D eigenvalue weighted by molar-refractivity contribution is -0.385. The van der Waals surface area contributed by atoms with Crippen LogP contribution < -0.4 is 4.74 Å². The van der Waals surface area contributed by atoms with Crippen molar-refractivity contribution < 1.29 is 24.4 Å². The van der Waals surface area contributed by atoms with Crippen LogP contribution in [-0.4, -0.2) is 33.2 Å². The Bertz CT molecular complexity index is 1740. The summed E-state index contributed by atoms with van der Waals surface area (Å²) in [5.74, 6) is -1.47. The lowest BCUT2D eigenvalue weighted by Gasteiger charge is -2.28.